The van der Waals surface area contributed by atoms with Crippen LogP contribution in [0.2, 0.25) is 0 Å². The summed E-state index contributed by atoms with van der Waals surface area (Å²) < 4.78 is 5.26. The third-order valence-corrected chi connectivity index (χ3v) is 4.23. The van der Waals surface area contributed by atoms with Crippen LogP contribution in [0.4, 0.5) is 0 Å². The molecule has 1 aliphatic heterocycles. The van der Waals surface area contributed by atoms with Crippen molar-refractivity contribution in [1.82, 2.24) is 4.90 Å². The van der Waals surface area contributed by atoms with Crippen LogP contribution in [-0.4, -0.2) is 42.2 Å². The maximum Gasteiger partial charge on any atom is 0.228 e. The van der Waals surface area contributed by atoms with Crippen LogP contribution in [-0.2, 0) is 15.1 Å². The monoisotopic (exact) mass is 277 g/mol. The molecule has 4 heteroatoms. The van der Waals surface area contributed by atoms with Gasteiger partial charge < -0.3 is 14.7 Å². The zero-order valence-corrected chi connectivity index (χ0v) is 12.4. The molecule has 0 aliphatic carbocycles. The van der Waals surface area contributed by atoms with Crippen LogP contribution in [0.3, 0.4) is 0 Å². The number of hydrogen-bond acceptors (Lipinski definition) is 3. The number of carbonyl (C=O) groups excluding carboxylic acids is 1. The second-order valence-electron chi connectivity index (χ2n) is 5.62. The summed E-state index contributed by atoms with van der Waals surface area (Å²) in [5, 5.41) is 10.9. The number of ether oxygens (including phenoxy) is 1. The van der Waals surface area contributed by atoms with Gasteiger partial charge in [-0.3, -0.25) is 4.79 Å². The van der Waals surface area contributed by atoms with E-state index >= 15 is 0 Å². The van der Waals surface area contributed by atoms with Crippen LogP contribution in [0.1, 0.15) is 25.0 Å². The quantitative estimate of drug-likeness (QED) is 0.915. The van der Waals surface area contributed by atoms with Crippen molar-refractivity contribution in [2.24, 2.45) is 5.92 Å². The Labute approximate surface area is 120 Å². The van der Waals surface area contributed by atoms with E-state index in [2.05, 4.69) is 0 Å². The molecule has 1 N–H and O–H groups in total. The third kappa shape index (κ3) is 2.86. The highest BCUT2D eigenvalue weighted by atomic mass is 16.5. The van der Waals surface area contributed by atoms with E-state index in [-0.39, 0.29) is 5.91 Å². The summed E-state index contributed by atoms with van der Waals surface area (Å²) in [7, 11) is 0. The van der Waals surface area contributed by atoms with E-state index in [1.54, 1.807) is 18.7 Å². The van der Waals surface area contributed by atoms with Crippen molar-refractivity contribution in [3.05, 3.63) is 35.4 Å². The Balaban J connectivity index is 2.20. The Hall–Kier alpha value is -1.39. The van der Waals surface area contributed by atoms with E-state index in [0.29, 0.717) is 26.3 Å². The van der Waals surface area contributed by atoms with Crippen LogP contribution in [0.25, 0.3) is 0 Å². The number of benzene rings is 1. The average Bonchev–Trinajstić information content (AvgIpc) is 2.47. The zero-order chi connectivity index (χ0) is 14.8. The molecular formula is C16H23NO3. The van der Waals surface area contributed by atoms with Gasteiger partial charge in [-0.15, -0.1) is 0 Å². The lowest BCUT2D eigenvalue weighted by Crippen LogP contribution is -2.48. The minimum absolute atomic E-state index is 0.0125. The van der Waals surface area contributed by atoms with Crippen LogP contribution < -0.4 is 0 Å². The second kappa shape index (κ2) is 5.94. The molecule has 110 valence electrons. The molecule has 1 saturated heterocycles. The number of aryl methyl sites for hydroxylation is 1. The largest absolute Gasteiger partial charge is 0.385 e. The van der Waals surface area contributed by atoms with E-state index in [0.717, 1.165) is 11.1 Å². The van der Waals surface area contributed by atoms with Crippen molar-refractivity contribution in [2.45, 2.75) is 26.4 Å². The lowest BCUT2D eigenvalue weighted by molar-refractivity contribution is -0.148. The summed E-state index contributed by atoms with van der Waals surface area (Å²) in [5.74, 6) is -0.497. The summed E-state index contributed by atoms with van der Waals surface area (Å²) in [5.41, 5.74) is 0.647. The Morgan fingerprint density at radius 3 is 2.55 bits per heavy atom. The van der Waals surface area contributed by atoms with Gasteiger partial charge in [0.15, 0.2) is 0 Å². The van der Waals surface area contributed by atoms with Crippen molar-refractivity contribution in [1.29, 1.82) is 0 Å². The standard InChI is InChI=1S/C16H23NO3/c1-12-6-4-5-7-14(12)16(3,19)13(2)15(18)17-8-10-20-11-9-17/h4-7,13,19H,8-11H2,1-3H3/t13-,16+/m0/s1. The molecule has 1 aromatic carbocycles. The van der Waals surface area contributed by atoms with Gasteiger partial charge in [0.05, 0.1) is 24.7 Å². The molecule has 1 amide bonds. The van der Waals surface area contributed by atoms with Gasteiger partial charge in [0.1, 0.15) is 0 Å². The van der Waals surface area contributed by atoms with Gasteiger partial charge in [-0.2, -0.15) is 0 Å². The Morgan fingerprint density at radius 1 is 1.35 bits per heavy atom. The van der Waals surface area contributed by atoms with Crippen molar-refractivity contribution >= 4 is 5.91 Å². The summed E-state index contributed by atoms with van der Waals surface area (Å²) in [6, 6.07) is 7.67. The van der Waals surface area contributed by atoms with Gasteiger partial charge in [-0.05, 0) is 25.0 Å². The Morgan fingerprint density at radius 2 is 1.95 bits per heavy atom. The van der Waals surface area contributed by atoms with Gasteiger partial charge in [0, 0.05) is 13.1 Å². The molecular weight excluding hydrogens is 254 g/mol. The summed E-state index contributed by atoms with van der Waals surface area (Å²) in [6.07, 6.45) is 0. The molecule has 0 unspecified atom stereocenters. The number of rotatable bonds is 3. The van der Waals surface area contributed by atoms with Crippen LogP contribution >= 0.6 is 0 Å². The van der Waals surface area contributed by atoms with E-state index in [1.807, 2.05) is 31.2 Å². The molecule has 1 heterocycles. The van der Waals surface area contributed by atoms with Crippen molar-refractivity contribution in [3.8, 4) is 0 Å². The number of morpholine rings is 1. The van der Waals surface area contributed by atoms with Gasteiger partial charge >= 0.3 is 0 Å². The highest BCUT2D eigenvalue weighted by Crippen LogP contribution is 2.32. The molecule has 0 saturated carbocycles. The predicted molar refractivity (Wildman–Crippen MR) is 77.3 cm³/mol. The first-order chi connectivity index (χ1) is 9.44. The maximum absolute atomic E-state index is 12.5. The second-order valence-corrected chi connectivity index (χ2v) is 5.62. The normalized spacial score (nSPS) is 20.3. The summed E-state index contributed by atoms with van der Waals surface area (Å²) in [6.45, 7) is 7.83. The molecule has 2 rings (SSSR count). The maximum atomic E-state index is 12.5. The molecule has 4 nitrogen and oxygen atoms in total. The van der Waals surface area contributed by atoms with Crippen molar-refractivity contribution in [3.63, 3.8) is 0 Å². The fraction of sp³-hybridized carbons (Fsp3) is 0.562. The minimum Gasteiger partial charge on any atom is -0.385 e. The highest BCUT2D eigenvalue weighted by Gasteiger charge is 2.38. The molecule has 20 heavy (non-hydrogen) atoms. The fourth-order valence-electron chi connectivity index (χ4n) is 2.67. The number of aliphatic hydroxyl groups is 1. The first kappa shape index (κ1) is 15.0. The van der Waals surface area contributed by atoms with E-state index in [9.17, 15) is 9.90 Å². The van der Waals surface area contributed by atoms with Gasteiger partial charge in [-0.25, -0.2) is 0 Å². The molecule has 0 aromatic heterocycles. The molecule has 0 spiro atoms. The van der Waals surface area contributed by atoms with Crippen LogP contribution in [0.15, 0.2) is 24.3 Å². The van der Waals surface area contributed by atoms with Crippen molar-refractivity contribution < 1.29 is 14.6 Å². The predicted octanol–water partition coefficient (Wildman–Crippen LogP) is 1.70. The van der Waals surface area contributed by atoms with Crippen LogP contribution in [0, 0.1) is 12.8 Å². The number of amides is 1. The summed E-state index contributed by atoms with van der Waals surface area (Å²) in [4.78, 5) is 14.3. The first-order valence-electron chi connectivity index (χ1n) is 7.09. The Kier molecular flexibility index (Phi) is 4.45. The minimum atomic E-state index is -1.17. The van der Waals surface area contributed by atoms with Gasteiger partial charge in [0.2, 0.25) is 5.91 Å². The first-order valence-corrected chi connectivity index (χ1v) is 7.09. The fourth-order valence-corrected chi connectivity index (χ4v) is 2.67. The topological polar surface area (TPSA) is 49.8 Å². The van der Waals surface area contributed by atoms with E-state index < -0.39 is 11.5 Å². The summed E-state index contributed by atoms with van der Waals surface area (Å²) >= 11 is 0. The Bertz CT molecular complexity index is 478. The third-order valence-electron chi connectivity index (χ3n) is 4.23. The number of hydrogen-bond donors (Lipinski definition) is 1. The van der Waals surface area contributed by atoms with Gasteiger partial charge in [0.25, 0.3) is 0 Å². The average molecular weight is 277 g/mol. The molecule has 1 fully saturated rings. The van der Waals surface area contributed by atoms with E-state index in [1.165, 1.54) is 0 Å². The number of carbonyl (C=O) groups is 1. The number of nitrogens with zero attached hydrogens (tertiary/aromatic N) is 1. The van der Waals surface area contributed by atoms with Crippen molar-refractivity contribution in [2.75, 3.05) is 26.3 Å². The van der Waals surface area contributed by atoms with Crippen LogP contribution in [0.5, 0.6) is 0 Å². The molecule has 1 aliphatic rings. The highest BCUT2D eigenvalue weighted by molar-refractivity contribution is 5.80. The molecule has 0 bridgehead atoms. The zero-order valence-electron chi connectivity index (χ0n) is 12.4. The van der Waals surface area contributed by atoms with Gasteiger partial charge in [-0.1, -0.05) is 31.2 Å². The van der Waals surface area contributed by atoms with E-state index in [4.69, 9.17) is 4.74 Å². The molecule has 1 aromatic rings. The smallest absolute Gasteiger partial charge is 0.228 e. The molecule has 2 atom stereocenters. The molecule has 0 radical (unpaired) electrons. The lowest BCUT2D eigenvalue weighted by atomic mass is 9.81. The lowest BCUT2D eigenvalue weighted by Gasteiger charge is -2.36. The SMILES string of the molecule is Cc1ccccc1[C@](C)(O)[C@@H](C)C(=O)N1CCOCC1.